The number of urea groups is 1. The van der Waals surface area contributed by atoms with E-state index in [1.807, 2.05) is 48.5 Å². The highest BCUT2D eigenvalue weighted by molar-refractivity contribution is 5.79. The molecule has 34 heavy (non-hydrogen) atoms. The number of rotatable bonds is 9. The van der Waals surface area contributed by atoms with Crippen molar-refractivity contribution in [3.05, 3.63) is 59.7 Å². The Kier molecular flexibility index (Phi) is 8.79. The number of carbonyl (C=O) groups excluding carboxylic acids is 2. The van der Waals surface area contributed by atoms with Gasteiger partial charge in [0.1, 0.15) is 11.5 Å². The number of para-hydroxylation sites is 1. The van der Waals surface area contributed by atoms with Gasteiger partial charge in [-0.1, -0.05) is 44.2 Å². The van der Waals surface area contributed by atoms with Crippen LogP contribution >= 0.6 is 0 Å². The van der Waals surface area contributed by atoms with Gasteiger partial charge in [0.2, 0.25) is 5.91 Å². The number of nitrogens with one attached hydrogen (secondary N) is 3. The fraction of sp³-hybridized carbons (Fsp3) is 0.481. The van der Waals surface area contributed by atoms with Crippen molar-refractivity contribution in [1.29, 1.82) is 0 Å². The molecule has 2 aromatic rings. The van der Waals surface area contributed by atoms with Gasteiger partial charge in [0.15, 0.2) is 0 Å². The van der Waals surface area contributed by atoms with Gasteiger partial charge in [-0.25, -0.2) is 4.79 Å². The summed E-state index contributed by atoms with van der Waals surface area (Å²) in [6.45, 7) is 5.21. The first-order valence-electron chi connectivity index (χ1n) is 11.9. The van der Waals surface area contributed by atoms with Crippen molar-refractivity contribution in [3.8, 4) is 11.5 Å². The molecule has 1 aliphatic rings. The van der Waals surface area contributed by atoms with Crippen LogP contribution in [-0.4, -0.2) is 38.7 Å². The molecule has 0 atom stereocenters. The summed E-state index contributed by atoms with van der Waals surface area (Å²) in [7, 11) is 3.29. The smallest absolute Gasteiger partial charge is 0.315 e. The summed E-state index contributed by atoms with van der Waals surface area (Å²) in [4.78, 5) is 25.1. The number of methoxy groups -OCH3 is 2. The van der Waals surface area contributed by atoms with Crippen LogP contribution in [0, 0.1) is 5.92 Å². The lowest BCUT2D eigenvalue weighted by molar-refractivity contribution is -0.126. The van der Waals surface area contributed by atoms with Gasteiger partial charge in [0, 0.05) is 36.0 Å². The molecule has 3 N–H and O–H groups in total. The van der Waals surface area contributed by atoms with Crippen LogP contribution in [0.5, 0.6) is 11.5 Å². The lowest BCUT2D eigenvalue weighted by atomic mass is 9.82. The van der Waals surface area contributed by atoms with E-state index < -0.39 is 0 Å². The molecular formula is C27H37N3O4. The van der Waals surface area contributed by atoms with E-state index >= 15 is 0 Å². The number of ether oxygens (including phenoxy) is 2. The first-order chi connectivity index (χ1) is 16.3. The van der Waals surface area contributed by atoms with Crippen molar-refractivity contribution in [2.45, 2.75) is 57.5 Å². The van der Waals surface area contributed by atoms with E-state index in [4.69, 9.17) is 9.47 Å². The van der Waals surface area contributed by atoms with Crippen LogP contribution in [0.4, 0.5) is 4.79 Å². The average Bonchev–Trinajstić information content (AvgIpc) is 2.86. The largest absolute Gasteiger partial charge is 0.497 e. The molecule has 1 saturated carbocycles. The topological polar surface area (TPSA) is 88.7 Å². The first-order valence-corrected chi connectivity index (χ1v) is 11.9. The van der Waals surface area contributed by atoms with Gasteiger partial charge >= 0.3 is 6.03 Å². The summed E-state index contributed by atoms with van der Waals surface area (Å²) in [5.41, 5.74) is 1.84. The van der Waals surface area contributed by atoms with E-state index in [-0.39, 0.29) is 29.3 Å². The highest BCUT2D eigenvalue weighted by atomic mass is 16.5. The number of benzene rings is 2. The second-order valence-corrected chi connectivity index (χ2v) is 9.53. The average molecular weight is 468 g/mol. The molecule has 1 fully saturated rings. The third-order valence-electron chi connectivity index (χ3n) is 6.59. The zero-order chi connectivity index (χ0) is 24.6. The third-order valence-corrected chi connectivity index (χ3v) is 6.59. The molecule has 184 valence electrons. The molecule has 3 amide bonds. The maximum absolute atomic E-state index is 12.8. The summed E-state index contributed by atoms with van der Waals surface area (Å²) < 4.78 is 10.6. The van der Waals surface area contributed by atoms with Crippen molar-refractivity contribution < 1.29 is 19.1 Å². The van der Waals surface area contributed by atoms with Crippen LogP contribution in [-0.2, 0) is 16.8 Å². The van der Waals surface area contributed by atoms with Gasteiger partial charge < -0.3 is 25.4 Å². The Morgan fingerprint density at radius 1 is 0.912 bits per heavy atom. The molecule has 7 heteroatoms. The molecule has 0 saturated heterocycles. The summed E-state index contributed by atoms with van der Waals surface area (Å²) in [5.74, 6) is 1.69. The summed E-state index contributed by atoms with van der Waals surface area (Å²) in [6.07, 6.45) is 3.13. The molecule has 0 heterocycles. The van der Waals surface area contributed by atoms with Crippen molar-refractivity contribution in [3.63, 3.8) is 0 Å². The molecule has 2 aromatic carbocycles. The van der Waals surface area contributed by atoms with Crippen molar-refractivity contribution >= 4 is 11.9 Å². The maximum Gasteiger partial charge on any atom is 0.315 e. The fourth-order valence-electron chi connectivity index (χ4n) is 4.41. The molecular weight excluding hydrogens is 430 g/mol. The third kappa shape index (κ3) is 6.89. The minimum Gasteiger partial charge on any atom is -0.497 e. The minimum absolute atomic E-state index is 0.0196. The van der Waals surface area contributed by atoms with Gasteiger partial charge in [-0.2, -0.15) is 0 Å². The second-order valence-electron chi connectivity index (χ2n) is 9.53. The molecule has 0 radical (unpaired) electrons. The molecule has 0 aliphatic heterocycles. The van der Waals surface area contributed by atoms with E-state index in [0.29, 0.717) is 13.1 Å². The Morgan fingerprint density at radius 2 is 1.59 bits per heavy atom. The van der Waals surface area contributed by atoms with Crippen LogP contribution in [0.15, 0.2) is 48.5 Å². The zero-order valence-corrected chi connectivity index (χ0v) is 20.6. The van der Waals surface area contributed by atoms with Crippen LogP contribution in [0.1, 0.15) is 50.7 Å². The molecule has 7 nitrogen and oxygen atoms in total. The molecule has 0 spiro atoms. The number of amides is 3. The van der Waals surface area contributed by atoms with Crippen molar-refractivity contribution in [1.82, 2.24) is 16.0 Å². The summed E-state index contributed by atoms with van der Waals surface area (Å²) >= 11 is 0. The Labute approximate surface area is 202 Å². The van der Waals surface area contributed by atoms with E-state index in [1.165, 1.54) is 0 Å². The van der Waals surface area contributed by atoms with E-state index in [0.717, 1.165) is 48.3 Å². The molecule has 3 rings (SSSR count). The fourth-order valence-corrected chi connectivity index (χ4v) is 4.41. The maximum atomic E-state index is 12.8. The Bertz CT molecular complexity index is 951. The highest BCUT2D eigenvalue weighted by Crippen LogP contribution is 2.31. The summed E-state index contributed by atoms with van der Waals surface area (Å²) in [5, 5.41) is 9.08. The highest BCUT2D eigenvalue weighted by Gasteiger charge is 2.30. The van der Waals surface area contributed by atoms with Gasteiger partial charge in [-0.05, 0) is 49.4 Å². The van der Waals surface area contributed by atoms with Crippen LogP contribution in [0.2, 0.25) is 0 Å². The summed E-state index contributed by atoms with van der Waals surface area (Å²) in [6, 6.07) is 15.4. The second kappa shape index (κ2) is 11.8. The van der Waals surface area contributed by atoms with Gasteiger partial charge in [-0.15, -0.1) is 0 Å². The van der Waals surface area contributed by atoms with Gasteiger partial charge in [0.05, 0.1) is 14.2 Å². The molecule has 0 bridgehead atoms. The molecule has 0 unspecified atom stereocenters. The van der Waals surface area contributed by atoms with Crippen molar-refractivity contribution in [2.24, 2.45) is 5.92 Å². The lowest BCUT2D eigenvalue weighted by Gasteiger charge is -2.31. The van der Waals surface area contributed by atoms with E-state index in [9.17, 15) is 9.59 Å². The van der Waals surface area contributed by atoms with Crippen LogP contribution in [0.3, 0.4) is 0 Å². The molecule has 1 aliphatic carbocycles. The van der Waals surface area contributed by atoms with Gasteiger partial charge in [0.25, 0.3) is 0 Å². The Balaban J connectivity index is 1.39. The Hall–Kier alpha value is -3.22. The zero-order valence-electron chi connectivity index (χ0n) is 20.6. The number of carbonyl (C=O) groups is 2. The standard InChI is InChI=1S/C27H37N3O4/c1-27(2,23-7-5-6-8-24(23)34-4)18-29-25(31)20-11-13-21(14-12-20)30-26(32)28-17-19-9-15-22(33-3)16-10-19/h5-10,15-16,20-21H,11-14,17-18H2,1-4H3,(H,29,31)(H2,28,30,32). The number of hydrogen-bond donors (Lipinski definition) is 3. The predicted molar refractivity (Wildman–Crippen MR) is 133 cm³/mol. The van der Waals surface area contributed by atoms with Crippen molar-refractivity contribution in [2.75, 3.05) is 20.8 Å². The quantitative estimate of drug-likeness (QED) is 0.517. The van der Waals surface area contributed by atoms with Crippen LogP contribution < -0.4 is 25.4 Å². The number of hydrogen-bond acceptors (Lipinski definition) is 4. The Morgan fingerprint density at radius 3 is 2.24 bits per heavy atom. The monoisotopic (exact) mass is 467 g/mol. The SMILES string of the molecule is COc1ccc(CNC(=O)NC2CCC(C(=O)NCC(C)(C)c3ccccc3OC)CC2)cc1. The van der Waals surface area contributed by atoms with E-state index in [2.05, 4.69) is 29.8 Å². The normalized spacial score (nSPS) is 18.0. The van der Waals surface area contributed by atoms with E-state index in [1.54, 1.807) is 14.2 Å². The minimum atomic E-state index is -0.247. The lowest BCUT2D eigenvalue weighted by Crippen LogP contribution is -2.45. The first kappa shape index (κ1) is 25.4. The molecule has 0 aromatic heterocycles. The predicted octanol–water partition coefficient (Wildman–Crippen LogP) is 4.16. The van der Waals surface area contributed by atoms with Gasteiger partial charge in [-0.3, -0.25) is 4.79 Å². The van der Waals surface area contributed by atoms with Crippen LogP contribution in [0.25, 0.3) is 0 Å².